The van der Waals surface area contributed by atoms with Gasteiger partial charge in [0.05, 0.1) is 37.6 Å². The topological polar surface area (TPSA) is 47.1 Å². The van der Waals surface area contributed by atoms with Crippen molar-refractivity contribution in [1.29, 1.82) is 0 Å². The number of hydrogen-bond acceptors (Lipinski definition) is 6. The number of nitrogens with zero attached hydrogens (tertiary/aromatic N) is 4. The maximum absolute atomic E-state index is 11.8. The monoisotopic (exact) mass is 402 g/mol. The minimum Gasteiger partial charge on any atom is -0.298 e. The Morgan fingerprint density at radius 1 is 0.667 bits per heavy atom. The number of carbonyl (C=O) groups is 2. The highest BCUT2D eigenvalue weighted by atomic mass is 16.1. The van der Waals surface area contributed by atoms with Gasteiger partial charge in [-0.15, -0.1) is 0 Å². The first-order chi connectivity index (χ1) is 14.7. The molecule has 0 atom stereocenters. The average Bonchev–Trinajstić information content (AvgIpc) is 3.40. The van der Waals surface area contributed by atoms with Gasteiger partial charge >= 0.3 is 0 Å². The van der Waals surface area contributed by atoms with Crippen LogP contribution in [-0.2, 0) is 9.59 Å². The van der Waals surface area contributed by atoms with E-state index < -0.39 is 0 Å². The van der Waals surface area contributed by atoms with Crippen LogP contribution in [0.15, 0.2) is 60.7 Å². The molecule has 0 aromatic heterocycles. The first-order valence-corrected chi connectivity index (χ1v) is 10.3. The van der Waals surface area contributed by atoms with Crippen molar-refractivity contribution in [3.05, 3.63) is 60.7 Å². The summed E-state index contributed by atoms with van der Waals surface area (Å²) in [5.41, 5.74) is 2.07. The number of rotatable bonds is 6. The number of para-hydroxylation sites is 2. The van der Waals surface area contributed by atoms with E-state index in [4.69, 9.17) is 0 Å². The fourth-order valence-electron chi connectivity index (χ4n) is 3.81. The summed E-state index contributed by atoms with van der Waals surface area (Å²) in [6, 6.07) is 20.1. The lowest BCUT2D eigenvalue weighted by atomic mass is 10.3. The largest absolute Gasteiger partial charge is 0.298 e. The van der Waals surface area contributed by atoms with Gasteiger partial charge in [0, 0.05) is 25.9 Å². The molecule has 6 nitrogen and oxygen atoms in total. The fourth-order valence-corrected chi connectivity index (χ4v) is 3.81. The van der Waals surface area contributed by atoms with Crippen LogP contribution in [0.5, 0.6) is 0 Å². The van der Waals surface area contributed by atoms with Crippen molar-refractivity contribution in [1.82, 2.24) is 10.0 Å². The standard InChI is InChI=1S/C24H26N4O2/c29-23-13-17-25(19-23)27(21-9-3-1-4-10-21)15-7-8-16-28(22-11-5-2-6-12-22)26-18-14-24(30)20-26/h1-6,9-12H,13-20H2. The molecule has 0 saturated carbocycles. The molecule has 0 radical (unpaired) electrons. The summed E-state index contributed by atoms with van der Waals surface area (Å²) in [4.78, 5) is 23.6. The summed E-state index contributed by atoms with van der Waals surface area (Å²) < 4.78 is 0. The molecule has 0 unspecified atom stereocenters. The highest BCUT2D eigenvalue weighted by Gasteiger charge is 2.26. The molecule has 2 aromatic rings. The minimum absolute atomic E-state index is 0.262. The SMILES string of the molecule is O=C1CCN(N(CC#CCN(c2ccccc2)N2CCC(=O)C2)c2ccccc2)C1. The smallest absolute Gasteiger partial charge is 0.150 e. The first-order valence-electron chi connectivity index (χ1n) is 10.3. The molecule has 2 aromatic carbocycles. The molecule has 30 heavy (non-hydrogen) atoms. The molecule has 0 aliphatic carbocycles. The van der Waals surface area contributed by atoms with Crippen LogP contribution < -0.4 is 10.0 Å². The lowest BCUT2D eigenvalue weighted by Crippen LogP contribution is -2.42. The van der Waals surface area contributed by atoms with Gasteiger partial charge in [-0.3, -0.25) is 19.6 Å². The summed E-state index contributed by atoms with van der Waals surface area (Å²) in [5.74, 6) is 7.08. The van der Waals surface area contributed by atoms with Crippen LogP contribution in [0.1, 0.15) is 12.8 Å². The van der Waals surface area contributed by atoms with Crippen molar-refractivity contribution in [2.24, 2.45) is 0 Å². The molecule has 0 spiro atoms. The second-order valence-corrected chi connectivity index (χ2v) is 7.49. The van der Waals surface area contributed by atoms with E-state index in [9.17, 15) is 9.59 Å². The molecule has 2 saturated heterocycles. The maximum Gasteiger partial charge on any atom is 0.150 e. The van der Waals surface area contributed by atoms with Gasteiger partial charge in [0.25, 0.3) is 0 Å². The van der Waals surface area contributed by atoms with E-state index in [2.05, 4.69) is 31.9 Å². The quantitative estimate of drug-likeness (QED) is 0.692. The summed E-state index contributed by atoms with van der Waals surface area (Å²) in [6.45, 7) is 3.34. The number of anilines is 2. The molecular formula is C24H26N4O2. The molecular weight excluding hydrogens is 376 g/mol. The Bertz CT molecular complexity index is 860. The zero-order valence-corrected chi connectivity index (χ0v) is 17.0. The molecule has 2 heterocycles. The molecule has 0 bridgehead atoms. The third-order valence-corrected chi connectivity index (χ3v) is 5.39. The van der Waals surface area contributed by atoms with Crippen molar-refractivity contribution < 1.29 is 9.59 Å². The summed E-state index contributed by atoms with van der Waals surface area (Å²) in [5, 5.41) is 8.31. The number of carbonyl (C=O) groups excluding carboxylic acids is 2. The Morgan fingerprint density at radius 3 is 1.40 bits per heavy atom. The minimum atomic E-state index is 0.262. The Morgan fingerprint density at radius 2 is 1.07 bits per heavy atom. The third-order valence-electron chi connectivity index (χ3n) is 5.39. The van der Waals surface area contributed by atoms with Gasteiger partial charge < -0.3 is 0 Å². The van der Waals surface area contributed by atoms with Gasteiger partial charge in [-0.05, 0) is 24.3 Å². The molecule has 2 aliphatic rings. The predicted octanol–water partition coefficient (Wildman–Crippen LogP) is 2.38. The highest BCUT2D eigenvalue weighted by Crippen LogP contribution is 2.20. The number of hydrazine groups is 2. The highest BCUT2D eigenvalue weighted by molar-refractivity contribution is 5.83. The summed E-state index contributed by atoms with van der Waals surface area (Å²) >= 11 is 0. The van der Waals surface area contributed by atoms with Gasteiger partial charge in [0.2, 0.25) is 0 Å². The molecule has 0 amide bonds. The molecule has 6 heteroatoms. The Hall–Kier alpha value is -3.14. The third kappa shape index (κ3) is 4.88. The van der Waals surface area contributed by atoms with E-state index in [1.54, 1.807) is 0 Å². The van der Waals surface area contributed by atoms with Crippen LogP contribution in [0.4, 0.5) is 11.4 Å². The van der Waals surface area contributed by atoms with E-state index in [-0.39, 0.29) is 11.6 Å². The van der Waals surface area contributed by atoms with Crippen LogP contribution >= 0.6 is 0 Å². The van der Waals surface area contributed by atoms with Crippen molar-refractivity contribution >= 4 is 22.9 Å². The molecule has 4 rings (SSSR count). The Balaban J connectivity index is 1.47. The zero-order valence-electron chi connectivity index (χ0n) is 17.0. The first kappa shape index (κ1) is 20.1. The molecule has 2 fully saturated rings. The lowest BCUT2D eigenvalue weighted by Gasteiger charge is -2.32. The van der Waals surface area contributed by atoms with Crippen LogP contribution in [0.2, 0.25) is 0 Å². The van der Waals surface area contributed by atoms with E-state index in [1.807, 2.05) is 60.7 Å². The van der Waals surface area contributed by atoms with Crippen molar-refractivity contribution in [2.75, 3.05) is 49.3 Å². The molecule has 154 valence electrons. The van der Waals surface area contributed by atoms with Crippen LogP contribution in [0.3, 0.4) is 0 Å². The summed E-state index contributed by atoms with van der Waals surface area (Å²) in [6.07, 6.45) is 1.17. The average molecular weight is 402 g/mol. The van der Waals surface area contributed by atoms with E-state index in [0.29, 0.717) is 39.0 Å². The number of benzene rings is 2. The van der Waals surface area contributed by atoms with Gasteiger partial charge in [-0.1, -0.05) is 48.2 Å². The van der Waals surface area contributed by atoms with Gasteiger partial charge in [-0.2, -0.15) is 0 Å². The fraction of sp³-hybridized carbons (Fsp3) is 0.333. The molecule has 2 aliphatic heterocycles. The maximum atomic E-state index is 11.8. The van der Waals surface area contributed by atoms with Crippen LogP contribution in [0, 0.1) is 11.8 Å². The van der Waals surface area contributed by atoms with Gasteiger partial charge in [0.15, 0.2) is 0 Å². The lowest BCUT2D eigenvalue weighted by molar-refractivity contribution is -0.117. The van der Waals surface area contributed by atoms with Gasteiger partial charge in [-0.25, -0.2) is 10.0 Å². The number of hydrogen-bond donors (Lipinski definition) is 0. The van der Waals surface area contributed by atoms with E-state index in [0.717, 1.165) is 24.5 Å². The normalized spacial score (nSPS) is 17.1. The second-order valence-electron chi connectivity index (χ2n) is 7.49. The second kappa shape index (κ2) is 9.57. The zero-order chi connectivity index (χ0) is 20.8. The predicted molar refractivity (Wildman–Crippen MR) is 118 cm³/mol. The van der Waals surface area contributed by atoms with E-state index in [1.165, 1.54) is 0 Å². The number of Topliss-reactive ketones (excluding diaryl/α,β-unsaturated/α-hetero) is 2. The molecule has 0 N–H and O–H groups in total. The van der Waals surface area contributed by atoms with Gasteiger partial charge in [0.1, 0.15) is 11.6 Å². The van der Waals surface area contributed by atoms with Crippen molar-refractivity contribution in [2.45, 2.75) is 12.8 Å². The van der Waals surface area contributed by atoms with Crippen molar-refractivity contribution in [3.63, 3.8) is 0 Å². The van der Waals surface area contributed by atoms with E-state index >= 15 is 0 Å². The van der Waals surface area contributed by atoms with Crippen LogP contribution in [0.25, 0.3) is 0 Å². The van der Waals surface area contributed by atoms with Crippen LogP contribution in [-0.4, -0.2) is 60.9 Å². The summed E-state index contributed by atoms with van der Waals surface area (Å²) in [7, 11) is 0. The van der Waals surface area contributed by atoms with Crippen molar-refractivity contribution in [3.8, 4) is 11.8 Å². The Labute approximate surface area is 177 Å². The number of ketones is 2. The Kier molecular flexibility index (Phi) is 6.43.